The molecule has 1 saturated carbocycles. The number of benzene rings is 1. The summed E-state index contributed by atoms with van der Waals surface area (Å²) in [5, 5.41) is 4.30. The molecule has 0 spiro atoms. The molecule has 0 heterocycles. The molecule has 0 saturated heterocycles. The molecule has 0 atom stereocenters. The van der Waals surface area contributed by atoms with Crippen LogP contribution in [0.25, 0.3) is 0 Å². The Balaban J connectivity index is 1.86. The lowest BCUT2D eigenvalue weighted by molar-refractivity contribution is 0.319. The van der Waals surface area contributed by atoms with E-state index in [0.717, 1.165) is 17.4 Å². The molecule has 1 aliphatic rings. The molecule has 0 unspecified atom stereocenters. The van der Waals surface area contributed by atoms with Gasteiger partial charge in [0.25, 0.3) is 0 Å². The van der Waals surface area contributed by atoms with Gasteiger partial charge in [0, 0.05) is 11.7 Å². The van der Waals surface area contributed by atoms with Crippen LogP contribution in [0.3, 0.4) is 0 Å². The molecule has 2 nitrogen and oxygen atoms in total. The first-order valence-corrected chi connectivity index (χ1v) is 8.29. The summed E-state index contributed by atoms with van der Waals surface area (Å²) in [5.41, 5.74) is 1.11. The number of nitrogens with one attached hydrogen (secondary N) is 1. The van der Waals surface area contributed by atoms with Gasteiger partial charge in [0.05, 0.1) is 11.6 Å². The Labute approximate surface area is 127 Å². The standard InChI is InChI=1S/C17H26ClNO/c1-3-5-13-6-8-14(9-7-13)19-15-10-11-17(20-4-2)16(18)12-15/h10-14,19H,3-9H2,1-2H3. The van der Waals surface area contributed by atoms with Gasteiger partial charge in [-0.15, -0.1) is 0 Å². The van der Waals surface area contributed by atoms with E-state index >= 15 is 0 Å². The van der Waals surface area contributed by atoms with Crippen molar-refractivity contribution in [1.29, 1.82) is 0 Å². The minimum Gasteiger partial charge on any atom is -0.492 e. The van der Waals surface area contributed by atoms with Crippen LogP contribution in [0.5, 0.6) is 5.75 Å². The lowest BCUT2D eigenvalue weighted by atomic mass is 9.83. The summed E-state index contributed by atoms with van der Waals surface area (Å²) in [6, 6.07) is 6.59. The van der Waals surface area contributed by atoms with Crippen molar-refractivity contribution in [3.8, 4) is 5.75 Å². The highest BCUT2D eigenvalue weighted by molar-refractivity contribution is 6.32. The van der Waals surface area contributed by atoms with Gasteiger partial charge in [0.2, 0.25) is 0 Å². The summed E-state index contributed by atoms with van der Waals surface area (Å²) in [4.78, 5) is 0. The molecule has 112 valence electrons. The van der Waals surface area contributed by atoms with E-state index in [-0.39, 0.29) is 0 Å². The molecule has 0 amide bonds. The first-order chi connectivity index (χ1) is 9.72. The average Bonchev–Trinajstić information content (AvgIpc) is 2.44. The average molecular weight is 296 g/mol. The Kier molecular flexibility index (Phi) is 6.03. The Bertz CT molecular complexity index is 413. The van der Waals surface area contributed by atoms with Crippen LogP contribution >= 0.6 is 11.6 Å². The van der Waals surface area contributed by atoms with Gasteiger partial charge in [-0.2, -0.15) is 0 Å². The van der Waals surface area contributed by atoms with Crippen molar-refractivity contribution in [2.24, 2.45) is 5.92 Å². The number of hydrogen-bond acceptors (Lipinski definition) is 2. The van der Waals surface area contributed by atoms with Gasteiger partial charge in [-0.3, -0.25) is 0 Å². The zero-order valence-corrected chi connectivity index (χ0v) is 13.4. The normalized spacial score (nSPS) is 22.6. The van der Waals surface area contributed by atoms with Gasteiger partial charge < -0.3 is 10.1 Å². The Morgan fingerprint density at radius 2 is 1.95 bits per heavy atom. The van der Waals surface area contributed by atoms with Gasteiger partial charge in [-0.05, 0) is 56.7 Å². The molecule has 1 aromatic carbocycles. The first-order valence-electron chi connectivity index (χ1n) is 7.91. The number of ether oxygens (including phenoxy) is 1. The SMILES string of the molecule is CCCC1CCC(Nc2ccc(OCC)c(Cl)c2)CC1. The molecule has 1 fully saturated rings. The van der Waals surface area contributed by atoms with Crippen molar-refractivity contribution in [3.63, 3.8) is 0 Å². The number of rotatable bonds is 6. The summed E-state index contributed by atoms with van der Waals surface area (Å²) in [7, 11) is 0. The lowest BCUT2D eigenvalue weighted by Crippen LogP contribution is -2.26. The minimum atomic E-state index is 0.595. The third kappa shape index (κ3) is 4.31. The van der Waals surface area contributed by atoms with E-state index in [9.17, 15) is 0 Å². The molecular formula is C17H26ClNO. The molecule has 1 aromatic rings. The topological polar surface area (TPSA) is 21.3 Å². The van der Waals surface area contributed by atoms with Crippen molar-refractivity contribution in [2.75, 3.05) is 11.9 Å². The maximum atomic E-state index is 6.23. The second-order valence-corrected chi connectivity index (χ2v) is 6.14. The molecule has 0 radical (unpaired) electrons. The molecule has 20 heavy (non-hydrogen) atoms. The van der Waals surface area contributed by atoms with Crippen molar-refractivity contribution in [2.45, 2.75) is 58.4 Å². The molecule has 0 bridgehead atoms. The zero-order valence-electron chi connectivity index (χ0n) is 12.6. The van der Waals surface area contributed by atoms with E-state index < -0.39 is 0 Å². The van der Waals surface area contributed by atoms with Crippen LogP contribution in [-0.4, -0.2) is 12.6 Å². The summed E-state index contributed by atoms with van der Waals surface area (Å²) < 4.78 is 5.46. The molecule has 1 N–H and O–H groups in total. The van der Waals surface area contributed by atoms with Crippen LogP contribution in [0.15, 0.2) is 18.2 Å². The minimum absolute atomic E-state index is 0.595. The van der Waals surface area contributed by atoms with Crippen molar-refractivity contribution in [1.82, 2.24) is 0 Å². The Hall–Kier alpha value is -0.890. The maximum Gasteiger partial charge on any atom is 0.138 e. The van der Waals surface area contributed by atoms with E-state index in [4.69, 9.17) is 16.3 Å². The predicted octanol–water partition coefficient (Wildman–Crippen LogP) is 5.51. The molecule has 1 aliphatic carbocycles. The van der Waals surface area contributed by atoms with Gasteiger partial charge in [0.1, 0.15) is 5.75 Å². The number of halogens is 1. The Morgan fingerprint density at radius 1 is 1.20 bits per heavy atom. The van der Waals surface area contributed by atoms with Crippen LogP contribution in [0.1, 0.15) is 52.4 Å². The molecular weight excluding hydrogens is 270 g/mol. The van der Waals surface area contributed by atoms with Crippen LogP contribution in [0.4, 0.5) is 5.69 Å². The van der Waals surface area contributed by atoms with Crippen LogP contribution < -0.4 is 10.1 Å². The fraction of sp³-hybridized carbons (Fsp3) is 0.647. The van der Waals surface area contributed by atoms with E-state index in [0.29, 0.717) is 17.7 Å². The first kappa shape index (κ1) is 15.5. The van der Waals surface area contributed by atoms with Crippen molar-refractivity contribution >= 4 is 17.3 Å². The largest absolute Gasteiger partial charge is 0.492 e. The Morgan fingerprint density at radius 3 is 2.55 bits per heavy atom. The third-order valence-corrected chi connectivity index (χ3v) is 4.44. The summed E-state index contributed by atoms with van der Waals surface area (Å²) in [5.74, 6) is 1.72. The highest BCUT2D eigenvalue weighted by Gasteiger charge is 2.20. The zero-order chi connectivity index (χ0) is 14.4. The van der Waals surface area contributed by atoms with E-state index in [1.165, 1.54) is 38.5 Å². The fourth-order valence-corrected chi connectivity index (χ4v) is 3.34. The second-order valence-electron chi connectivity index (χ2n) is 5.73. The molecule has 2 rings (SSSR count). The van der Waals surface area contributed by atoms with E-state index in [2.05, 4.69) is 18.3 Å². The fourth-order valence-electron chi connectivity index (χ4n) is 3.10. The van der Waals surface area contributed by atoms with Gasteiger partial charge >= 0.3 is 0 Å². The number of anilines is 1. The molecule has 0 aromatic heterocycles. The summed E-state index contributed by atoms with van der Waals surface area (Å²) in [6.45, 7) is 4.90. The van der Waals surface area contributed by atoms with Crippen LogP contribution in [0.2, 0.25) is 5.02 Å². The highest BCUT2D eigenvalue weighted by atomic mass is 35.5. The lowest BCUT2D eigenvalue weighted by Gasteiger charge is -2.29. The predicted molar refractivity (Wildman–Crippen MR) is 86.9 cm³/mol. The summed E-state index contributed by atoms with van der Waals surface area (Å²) >= 11 is 6.23. The van der Waals surface area contributed by atoms with Crippen LogP contribution in [0, 0.1) is 5.92 Å². The molecule has 3 heteroatoms. The smallest absolute Gasteiger partial charge is 0.138 e. The highest BCUT2D eigenvalue weighted by Crippen LogP contribution is 2.32. The van der Waals surface area contributed by atoms with E-state index in [1.807, 2.05) is 19.1 Å². The van der Waals surface area contributed by atoms with Gasteiger partial charge in [-0.25, -0.2) is 0 Å². The summed E-state index contributed by atoms with van der Waals surface area (Å²) in [6.07, 6.45) is 7.97. The van der Waals surface area contributed by atoms with Crippen LogP contribution in [-0.2, 0) is 0 Å². The molecule has 0 aliphatic heterocycles. The quantitative estimate of drug-likeness (QED) is 0.747. The monoisotopic (exact) mass is 295 g/mol. The maximum absolute atomic E-state index is 6.23. The van der Waals surface area contributed by atoms with Crippen molar-refractivity contribution < 1.29 is 4.74 Å². The van der Waals surface area contributed by atoms with E-state index in [1.54, 1.807) is 0 Å². The van der Waals surface area contributed by atoms with Gasteiger partial charge in [0.15, 0.2) is 0 Å². The van der Waals surface area contributed by atoms with Crippen molar-refractivity contribution in [3.05, 3.63) is 23.2 Å². The second kappa shape index (κ2) is 7.78. The third-order valence-electron chi connectivity index (χ3n) is 4.15. The number of hydrogen-bond donors (Lipinski definition) is 1. The van der Waals surface area contributed by atoms with Gasteiger partial charge in [-0.1, -0.05) is 31.4 Å².